The Morgan fingerprint density at radius 3 is 2.16 bits per heavy atom. The molecule has 0 unspecified atom stereocenters. The van der Waals surface area contributed by atoms with Crippen LogP contribution in [0.4, 0.5) is 9.59 Å². The molecule has 0 spiro atoms. The van der Waals surface area contributed by atoms with E-state index in [0.29, 0.717) is 13.0 Å². The summed E-state index contributed by atoms with van der Waals surface area (Å²) in [5.41, 5.74) is -1.43. The number of carbonyl (C=O) groups is 2. The van der Waals surface area contributed by atoms with E-state index in [1.54, 1.807) is 41.5 Å². The summed E-state index contributed by atoms with van der Waals surface area (Å²) in [6.07, 6.45) is 1.21. The second-order valence-corrected chi connectivity index (χ2v) is 9.43. The van der Waals surface area contributed by atoms with Gasteiger partial charge in [-0.1, -0.05) is 0 Å². The summed E-state index contributed by atoms with van der Waals surface area (Å²) in [6, 6.07) is -0.398. The minimum atomic E-state index is -4.01. The maximum Gasteiger partial charge on any atom is 0.421 e. The third kappa shape index (κ3) is 8.24. The number of sulfonamides is 1. The Morgan fingerprint density at radius 2 is 1.64 bits per heavy atom. The molecule has 1 fully saturated rings. The normalized spacial score (nSPS) is 19.1. The first-order valence-electron chi connectivity index (χ1n) is 8.12. The standard InChI is InChI=1S/C16H28N2O6S/c1-15(2,3)23-13(19)17-25(21,22)11-9-12-8-7-10-18(12)14(20)24-16(4,5)6/h9,11-12H,7-8,10H2,1-6H3,(H,17,19)/b11-9+/t12-/m0/s1. The van der Waals surface area contributed by atoms with Crippen molar-refractivity contribution in [2.24, 2.45) is 0 Å². The SMILES string of the molecule is CC(C)(C)OC(=O)NS(=O)(=O)/C=C/[C@@H]1CCCN1C(=O)OC(C)(C)C. The molecule has 1 N–H and O–H groups in total. The van der Waals surface area contributed by atoms with Crippen molar-refractivity contribution in [2.75, 3.05) is 6.54 Å². The summed E-state index contributed by atoms with van der Waals surface area (Å²) in [5, 5.41) is 0.879. The van der Waals surface area contributed by atoms with Crippen LogP contribution in [0.3, 0.4) is 0 Å². The van der Waals surface area contributed by atoms with Crippen LogP contribution in [0.1, 0.15) is 54.4 Å². The molecule has 0 aliphatic carbocycles. The minimum Gasteiger partial charge on any atom is -0.444 e. The third-order valence-electron chi connectivity index (χ3n) is 3.03. The molecule has 1 heterocycles. The number of carbonyl (C=O) groups excluding carboxylic acids is 2. The molecule has 144 valence electrons. The monoisotopic (exact) mass is 376 g/mol. The van der Waals surface area contributed by atoms with Gasteiger partial charge < -0.3 is 14.4 Å². The lowest BCUT2D eigenvalue weighted by atomic mass is 10.2. The molecule has 1 rings (SSSR count). The average molecular weight is 376 g/mol. The third-order valence-corrected chi connectivity index (χ3v) is 4.00. The predicted octanol–water partition coefficient (Wildman–Crippen LogP) is 2.75. The molecule has 0 aromatic rings. The fourth-order valence-electron chi connectivity index (χ4n) is 2.18. The van der Waals surface area contributed by atoms with Gasteiger partial charge in [0.15, 0.2) is 0 Å². The highest BCUT2D eigenvalue weighted by molar-refractivity contribution is 7.92. The molecule has 0 bridgehead atoms. The summed E-state index contributed by atoms with van der Waals surface area (Å²) in [6.45, 7) is 10.7. The first kappa shape index (κ1) is 21.3. The first-order chi connectivity index (χ1) is 11.2. The van der Waals surface area contributed by atoms with Crippen molar-refractivity contribution in [3.05, 3.63) is 11.5 Å². The molecule has 1 atom stereocenters. The number of rotatable bonds is 3. The van der Waals surface area contributed by atoms with E-state index in [1.807, 2.05) is 4.72 Å². The maximum absolute atomic E-state index is 12.2. The lowest BCUT2D eigenvalue weighted by molar-refractivity contribution is 0.0255. The Morgan fingerprint density at radius 1 is 1.08 bits per heavy atom. The summed E-state index contributed by atoms with van der Waals surface area (Å²) >= 11 is 0. The Labute approximate surface area is 149 Å². The van der Waals surface area contributed by atoms with Gasteiger partial charge in [0.05, 0.1) is 6.04 Å². The van der Waals surface area contributed by atoms with E-state index in [0.717, 1.165) is 11.8 Å². The van der Waals surface area contributed by atoms with Crippen molar-refractivity contribution in [2.45, 2.75) is 71.6 Å². The minimum absolute atomic E-state index is 0.398. The lowest BCUT2D eigenvalue weighted by Gasteiger charge is -2.27. The Hall–Kier alpha value is -1.77. The van der Waals surface area contributed by atoms with E-state index in [2.05, 4.69) is 0 Å². The van der Waals surface area contributed by atoms with Crippen LogP contribution < -0.4 is 4.72 Å². The van der Waals surface area contributed by atoms with E-state index < -0.39 is 39.5 Å². The number of ether oxygens (including phenoxy) is 2. The number of amides is 2. The van der Waals surface area contributed by atoms with Crippen LogP contribution in [0.5, 0.6) is 0 Å². The van der Waals surface area contributed by atoms with Crippen LogP contribution in [0.15, 0.2) is 11.5 Å². The summed E-state index contributed by atoms with van der Waals surface area (Å²) in [7, 11) is -4.01. The molecular formula is C16H28N2O6S. The Kier molecular flexibility index (Phi) is 6.50. The van der Waals surface area contributed by atoms with Crippen LogP contribution in [0.25, 0.3) is 0 Å². The van der Waals surface area contributed by atoms with Crippen LogP contribution in [-0.4, -0.2) is 49.3 Å². The summed E-state index contributed by atoms with van der Waals surface area (Å²) in [4.78, 5) is 25.2. The maximum atomic E-state index is 12.2. The van der Waals surface area contributed by atoms with Gasteiger partial charge in [-0.2, -0.15) is 0 Å². The highest BCUT2D eigenvalue weighted by atomic mass is 32.2. The van der Waals surface area contributed by atoms with Crippen molar-refractivity contribution >= 4 is 22.2 Å². The molecule has 0 saturated carbocycles. The number of hydrogen-bond acceptors (Lipinski definition) is 6. The molecule has 8 nitrogen and oxygen atoms in total. The number of hydrogen-bond donors (Lipinski definition) is 1. The highest BCUT2D eigenvalue weighted by Gasteiger charge is 2.31. The zero-order valence-corrected chi connectivity index (χ0v) is 16.5. The summed E-state index contributed by atoms with van der Waals surface area (Å²) in [5.74, 6) is 0. The molecular weight excluding hydrogens is 348 g/mol. The molecule has 0 aromatic heterocycles. The van der Waals surface area contributed by atoms with Gasteiger partial charge >= 0.3 is 12.2 Å². The van der Waals surface area contributed by atoms with Crippen molar-refractivity contribution < 1.29 is 27.5 Å². The molecule has 0 aromatic carbocycles. The lowest BCUT2D eigenvalue weighted by Crippen LogP contribution is -2.39. The van der Waals surface area contributed by atoms with E-state index in [-0.39, 0.29) is 0 Å². The molecule has 25 heavy (non-hydrogen) atoms. The molecule has 2 amide bonds. The zero-order valence-electron chi connectivity index (χ0n) is 15.7. The van der Waals surface area contributed by atoms with Gasteiger partial charge in [0.2, 0.25) is 0 Å². The van der Waals surface area contributed by atoms with E-state index in [4.69, 9.17) is 9.47 Å². The van der Waals surface area contributed by atoms with Gasteiger partial charge in [-0.3, -0.25) is 0 Å². The Balaban J connectivity index is 2.72. The van der Waals surface area contributed by atoms with Gasteiger partial charge in [-0.05, 0) is 60.5 Å². The van der Waals surface area contributed by atoms with E-state index in [9.17, 15) is 18.0 Å². The number of nitrogens with one attached hydrogen (secondary N) is 1. The highest BCUT2D eigenvalue weighted by Crippen LogP contribution is 2.22. The fourth-order valence-corrected chi connectivity index (χ4v) is 2.91. The van der Waals surface area contributed by atoms with Crippen molar-refractivity contribution in [3.63, 3.8) is 0 Å². The van der Waals surface area contributed by atoms with E-state index >= 15 is 0 Å². The topological polar surface area (TPSA) is 102 Å². The number of likely N-dealkylation sites (tertiary alicyclic amines) is 1. The Bertz CT molecular complexity index is 628. The fraction of sp³-hybridized carbons (Fsp3) is 0.750. The van der Waals surface area contributed by atoms with Crippen LogP contribution >= 0.6 is 0 Å². The molecule has 1 aliphatic rings. The van der Waals surface area contributed by atoms with Crippen LogP contribution in [0, 0.1) is 0 Å². The zero-order chi connectivity index (χ0) is 19.5. The predicted molar refractivity (Wildman–Crippen MR) is 93.4 cm³/mol. The van der Waals surface area contributed by atoms with Gasteiger partial charge in [0, 0.05) is 12.0 Å². The van der Waals surface area contributed by atoms with Gasteiger partial charge in [-0.15, -0.1) is 0 Å². The second kappa shape index (κ2) is 7.63. The molecule has 1 saturated heterocycles. The molecule has 9 heteroatoms. The average Bonchev–Trinajstić information content (AvgIpc) is 2.79. The van der Waals surface area contributed by atoms with Gasteiger partial charge in [0.1, 0.15) is 11.2 Å². The smallest absolute Gasteiger partial charge is 0.421 e. The van der Waals surface area contributed by atoms with Crippen LogP contribution in [0.2, 0.25) is 0 Å². The van der Waals surface area contributed by atoms with Crippen molar-refractivity contribution in [3.8, 4) is 0 Å². The quantitative estimate of drug-likeness (QED) is 0.812. The summed E-state index contributed by atoms with van der Waals surface area (Å²) < 4.78 is 35.9. The largest absolute Gasteiger partial charge is 0.444 e. The van der Waals surface area contributed by atoms with Crippen LogP contribution in [-0.2, 0) is 19.5 Å². The van der Waals surface area contributed by atoms with Gasteiger partial charge in [-0.25, -0.2) is 22.7 Å². The van der Waals surface area contributed by atoms with Gasteiger partial charge in [0.25, 0.3) is 10.0 Å². The molecule has 0 radical (unpaired) electrons. The molecule has 1 aliphatic heterocycles. The second-order valence-electron chi connectivity index (χ2n) is 7.86. The van der Waals surface area contributed by atoms with E-state index in [1.165, 1.54) is 11.0 Å². The number of nitrogens with zero attached hydrogens (tertiary/aromatic N) is 1. The van der Waals surface area contributed by atoms with Crippen molar-refractivity contribution in [1.29, 1.82) is 0 Å². The first-order valence-corrected chi connectivity index (χ1v) is 9.67. The van der Waals surface area contributed by atoms with Crippen molar-refractivity contribution in [1.82, 2.24) is 9.62 Å².